The first-order valence-electron chi connectivity index (χ1n) is 8.07. The Morgan fingerprint density at radius 1 is 1.00 bits per heavy atom. The fourth-order valence-electron chi connectivity index (χ4n) is 2.56. The number of aromatic nitrogens is 2. The quantitative estimate of drug-likeness (QED) is 0.719. The van der Waals surface area contributed by atoms with Crippen molar-refractivity contribution >= 4 is 23.0 Å². The molecule has 0 atom stereocenters. The zero-order chi connectivity index (χ0) is 17.8. The topological polar surface area (TPSA) is 81.3 Å². The highest BCUT2D eigenvalue weighted by Crippen LogP contribution is 2.25. The second-order valence-corrected chi connectivity index (χ2v) is 5.30. The molecule has 6 heteroatoms. The van der Waals surface area contributed by atoms with Gasteiger partial charge in [0.1, 0.15) is 5.82 Å². The van der Waals surface area contributed by atoms with Crippen LogP contribution in [-0.4, -0.2) is 35.1 Å². The van der Waals surface area contributed by atoms with Crippen LogP contribution in [0.5, 0.6) is 0 Å². The lowest BCUT2D eigenvalue weighted by molar-refractivity contribution is 0.0517. The summed E-state index contributed by atoms with van der Waals surface area (Å²) in [6, 6.07) is 12.2. The number of fused-ring (bicyclic) bond motifs is 1. The van der Waals surface area contributed by atoms with Crippen LogP contribution in [0.4, 0.5) is 0 Å². The molecule has 1 heterocycles. The van der Waals surface area contributed by atoms with Gasteiger partial charge in [0.05, 0.1) is 35.4 Å². The van der Waals surface area contributed by atoms with Crippen LogP contribution in [0.2, 0.25) is 0 Å². The molecular weight excluding hydrogens is 320 g/mol. The first-order valence-corrected chi connectivity index (χ1v) is 8.07. The van der Waals surface area contributed by atoms with E-state index in [0.717, 1.165) is 0 Å². The summed E-state index contributed by atoms with van der Waals surface area (Å²) in [7, 11) is 0. The molecule has 0 unspecified atom stereocenters. The molecule has 2 aromatic carbocycles. The van der Waals surface area contributed by atoms with E-state index >= 15 is 0 Å². The van der Waals surface area contributed by atoms with Gasteiger partial charge < -0.3 is 14.5 Å². The van der Waals surface area contributed by atoms with Crippen LogP contribution < -0.4 is 0 Å². The molecule has 6 nitrogen and oxygen atoms in total. The molecule has 0 amide bonds. The second-order valence-electron chi connectivity index (χ2n) is 5.30. The van der Waals surface area contributed by atoms with Gasteiger partial charge in [0.15, 0.2) is 0 Å². The summed E-state index contributed by atoms with van der Waals surface area (Å²) in [5.41, 5.74) is 2.92. The van der Waals surface area contributed by atoms with Crippen LogP contribution in [0.3, 0.4) is 0 Å². The van der Waals surface area contributed by atoms with Gasteiger partial charge in [-0.05, 0) is 38.1 Å². The molecule has 0 aliphatic carbocycles. The van der Waals surface area contributed by atoms with E-state index in [2.05, 4.69) is 9.97 Å². The maximum absolute atomic E-state index is 12.1. The minimum absolute atomic E-state index is 0.302. The molecule has 3 aromatic rings. The number of hydrogen-bond acceptors (Lipinski definition) is 5. The number of aromatic amines is 1. The minimum atomic E-state index is -0.397. The van der Waals surface area contributed by atoms with Crippen molar-refractivity contribution in [3.05, 3.63) is 53.6 Å². The van der Waals surface area contributed by atoms with Gasteiger partial charge >= 0.3 is 11.9 Å². The molecule has 1 aromatic heterocycles. The van der Waals surface area contributed by atoms with Gasteiger partial charge in [-0.15, -0.1) is 0 Å². The molecule has 0 saturated heterocycles. The molecule has 0 radical (unpaired) electrons. The van der Waals surface area contributed by atoms with E-state index < -0.39 is 5.97 Å². The number of H-pyrrole nitrogens is 1. The van der Waals surface area contributed by atoms with Gasteiger partial charge in [0, 0.05) is 5.56 Å². The molecule has 0 fully saturated rings. The molecule has 128 valence electrons. The number of ether oxygens (including phenoxy) is 2. The Bertz CT molecular complexity index is 930. The number of esters is 2. The van der Waals surface area contributed by atoms with Crippen LogP contribution in [-0.2, 0) is 9.47 Å². The highest BCUT2D eigenvalue weighted by molar-refractivity contribution is 5.98. The lowest BCUT2D eigenvalue weighted by Gasteiger charge is -2.06. The number of carbonyl (C=O) groups excluding carboxylic acids is 2. The summed E-state index contributed by atoms with van der Waals surface area (Å²) in [5.74, 6) is -0.238. The number of nitrogens with one attached hydrogen (secondary N) is 1. The third kappa shape index (κ3) is 3.38. The SMILES string of the molecule is CCOC(=O)c1ccc2nc(-c3ccccc3C(=O)OCC)[nH]c2c1. The fraction of sp³-hybridized carbons (Fsp3) is 0.211. The van der Waals surface area contributed by atoms with Gasteiger partial charge in [-0.3, -0.25) is 0 Å². The molecule has 3 rings (SSSR count). The Labute approximate surface area is 144 Å². The maximum Gasteiger partial charge on any atom is 0.338 e. The lowest BCUT2D eigenvalue weighted by atomic mass is 10.1. The van der Waals surface area contributed by atoms with Crippen molar-refractivity contribution in [1.82, 2.24) is 9.97 Å². The van der Waals surface area contributed by atoms with Gasteiger partial charge in [0.2, 0.25) is 0 Å². The molecular formula is C19H18N2O4. The first kappa shape index (κ1) is 16.7. The molecule has 0 spiro atoms. The van der Waals surface area contributed by atoms with Crippen molar-refractivity contribution in [2.24, 2.45) is 0 Å². The number of benzene rings is 2. The summed E-state index contributed by atoms with van der Waals surface area (Å²) in [5, 5.41) is 0. The first-order chi connectivity index (χ1) is 12.1. The van der Waals surface area contributed by atoms with Crippen molar-refractivity contribution in [2.45, 2.75) is 13.8 Å². The van der Waals surface area contributed by atoms with Gasteiger partial charge in [-0.1, -0.05) is 18.2 Å². The second kappa shape index (κ2) is 7.17. The van der Waals surface area contributed by atoms with Gasteiger partial charge in [-0.25, -0.2) is 14.6 Å². The monoisotopic (exact) mass is 338 g/mol. The number of carbonyl (C=O) groups is 2. The van der Waals surface area contributed by atoms with Crippen LogP contribution in [0.1, 0.15) is 34.6 Å². The van der Waals surface area contributed by atoms with Crippen LogP contribution in [0.15, 0.2) is 42.5 Å². The zero-order valence-corrected chi connectivity index (χ0v) is 14.0. The predicted octanol–water partition coefficient (Wildman–Crippen LogP) is 3.58. The molecule has 0 bridgehead atoms. The minimum Gasteiger partial charge on any atom is -0.462 e. The van der Waals surface area contributed by atoms with Crippen LogP contribution >= 0.6 is 0 Å². The lowest BCUT2D eigenvalue weighted by Crippen LogP contribution is -2.06. The molecule has 0 aliphatic rings. The van der Waals surface area contributed by atoms with Crippen molar-refractivity contribution in [3.63, 3.8) is 0 Å². The van der Waals surface area contributed by atoms with Crippen LogP contribution in [0.25, 0.3) is 22.4 Å². The fourth-order valence-corrected chi connectivity index (χ4v) is 2.56. The summed E-state index contributed by atoms with van der Waals surface area (Å²) in [4.78, 5) is 31.7. The average Bonchev–Trinajstić information content (AvgIpc) is 3.05. The Morgan fingerprint density at radius 3 is 2.48 bits per heavy atom. The van der Waals surface area contributed by atoms with Gasteiger partial charge in [-0.2, -0.15) is 0 Å². The maximum atomic E-state index is 12.1. The average molecular weight is 338 g/mol. The summed E-state index contributed by atoms with van der Waals surface area (Å²) < 4.78 is 10.1. The molecule has 0 aliphatic heterocycles. The van der Waals surface area contributed by atoms with Crippen molar-refractivity contribution < 1.29 is 19.1 Å². The van der Waals surface area contributed by atoms with Crippen molar-refractivity contribution in [3.8, 4) is 11.4 Å². The van der Waals surface area contributed by atoms with E-state index in [9.17, 15) is 9.59 Å². The van der Waals surface area contributed by atoms with E-state index in [1.54, 1.807) is 50.2 Å². The largest absolute Gasteiger partial charge is 0.462 e. The summed E-state index contributed by atoms with van der Waals surface area (Å²) >= 11 is 0. The normalized spacial score (nSPS) is 10.6. The van der Waals surface area contributed by atoms with E-state index in [1.165, 1.54) is 0 Å². The predicted molar refractivity (Wildman–Crippen MR) is 93.4 cm³/mol. The Balaban J connectivity index is 2.03. The Kier molecular flexibility index (Phi) is 4.79. The standard InChI is InChI=1S/C19H18N2O4/c1-3-24-18(22)12-9-10-15-16(11-12)21-17(20-15)13-7-5-6-8-14(13)19(23)25-4-2/h5-11H,3-4H2,1-2H3,(H,20,21). The van der Waals surface area contributed by atoms with E-state index in [-0.39, 0.29) is 5.97 Å². The third-order valence-electron chi connectivity index (χ3n) is 3.67. The van der Waals surface area contributed by atoms with Crippen molar-refractivity contribution in [1.29, 1.82) is 0 Å². The highest BCUT2D eigenvalue weighted by atomic mass is 16.5. The summed E-state index contributed by atoms with van der Waals surface area (Å²) in [6.45, 7) is 4.14. The van der Waals surface area contributed by atoms with Crippen molar-refractivity contribution in [2.75, 3.05) is 13.2 Å². The Morgan fingerprint density at radius 2 is 1.72 bits per heavy atom. The number of imidazole rings is 1. The molecule has 1 N–H and O–H groups in total. The van der Waals surface area contributed by atoms with E-state index in [1.807, 2.05) is 6.07 Å². The highest BCUT2D eigenvalue weighted by Gasteiger charge is 2.16. The number of rotatable bonds is 5. The smallest absolute Gasteiger partial charge is 0.338 e. The molecule has 25 heavy (non-hydrogen) atoms. The zero-order valence-electron chi connectivity index (χ0n) is 14.0. The molecule has 0 saturated carbocycles. The summed E-state index contributed by atoms with van der Waals surface area (Å²) in [6.07, 6.45) is 0. The Hall–Kier alpha value is -3.15. The number of nitrogens with zero attached hydrogens (tertiary/aromatic N) is 1. The van der Waals surface area contributed by atoms with Gasteiger partial charge in [0.25, 0.3) is 0 Å². The third-order valence-corrected chi connectivity index (χ3v) is 3.67. The van der Waals surface area contributed by atoms with E-state index in [4.69, 9.17) is 9.47 Å². The number of hydrogen-bond donors (Lipinski definition) is 1. The van der Waals surface area contributed by atoms with E-state index in [0.29, 0.717) is 46.8 Å². The van der Waals surface area contributed by atoms with Crippen LogP contribution in [0, 0.1) is 0 Å².